The number of hydrogen-bond acceptors (Lipinski definition) is 4. The molecule has 1 unspecified atom stereocenters. The van der Waals surface area contributed by atoms with Crippen molar-refractivity contribution in [2.75, 3.05) is 24.5 Å². The Bertz CT molecular complexity index is 1200. The molecule has 0 radical (unpaired) electrons. The van der Waals surface area contributed by atoms with E-state index in [0.717, 1.165) is 17.4 Å². The molecule has 9 nitrogen and oxygen atoms in total. The maximum atomic E-state index is 13.4. The number of amides is 3. The molecule has 2 heterocycles. The molecule has 1 fully saturated rings. The van der Waals surface area contributed by atoms with Gasteiger partial charge in [-0.3, -0.25) is 14.5 Å². The molecule has 1 aromatic heterocycles. The zero-order valence-corrected chi connectivity index (χ0v) is 21.3. The fourth-order valence-electron chi connectivity index (χ4n) is 4.36. The minimum Gasteiger partial charge on any atom is -0.481 e. The quantitative estimate of drug-likeness (QED) is 0.369. The van der Waals surface area contributed by atoms with Crippen molar-refractivity contribution in [2.24, 2.45) is 5.92 Å². The third-order valence-corrected chi connectivity index (χ3v) is 6.61. The minimum atomic E-state index is -0.902. The van der Waals surface area contributed by atoms with Gasteiger partial charge in [0.15, 0.2) is 0 Å². The molecule has 2 aromatic carbocycles. The number of carboxylic acids is 1. The molecular formula is C26H28BrN5O4. The Hall–Kier alpha value is -3.66. The summed E-state index contributed by atoms with van der Waals surface area (Å²) in [6.45, 7) is 2.09. The molecule has 4 rings (SSSR count). The Morgan fingerprint density at radius 2 is 1.89 bits per heavy atom. The van der Waals surface area contributed by atoms with Crippen LogP contribution in [0.25, 0.3) is 0 Å². The first-order valence-corrected chi connectivity index (χ1v) is 12.6. The van der Waals surface area contributed by atoms with Gasteiger partial charge in [-0.2, -0.15) is 0 Å². The Labute approximate surface area is 217 Å². The van der Waals surface area contributed by atoms with Gasteiger partial charge >= 0.3 is 12.0 Å². The van der Waals surface area contributed by atoms with Crippen molar-refractivity contribution in [3.8, 4) is 0 Å². The summed E-state index contributed by atoms with van der Waals surface area (Å²) in [4.78, 5) is 45.1. The van der Waals surface area contributed by atoms with Gasteiger partial charge in [-0.25, -0.2) is 9.78 Å². The van der Waals surface area contributed by atoms with Gasteiger partial charge in [0, 0.05) is 66.8 Å². The van der Waals surface area contributed by atoms with E-state index in [1.807, 2.05) is 47.2 Å². The van der Waals surface area contributed by atoms with Crippen molar-refractivity contribution in [1.82, 2.24) is 19.8 Å². The summed E-state index contributed by atoms with van der Waals surface area (Å²) in [6, 6.07) is 14.3. The number of anilines is 1. The maximum Gasteiger partial charge on any atom is 0.324 e. The van der Waals surface area contributed by atoms with Gasteiger partial charge in [-0.1, -0.05) is 34.1 Å². The van der Waals surface area contributed by atoms with Crippen LogP contribution < -0.4 is 10.2 Å². The highest BCUT2D eigenvalue weighted by molar-refractivity contribution is 9.10. The van der Waals surface area contributed by atoms with Crippen molar-refractivity contribution in [2.45, 2.75) is 25.9 Å². The van der Waals surface area contributed by atoms with Crippen molar-refractivity contribution in [3.63, 3.8) is 0 Å². The first-order chi connectivity index (χ1) is 17.4. The number of halogens is 1. The van der Waals surface area contributed by atoms with Crippen LogP contribution in [-0.4, -0.2) is 57.1 Å². The van der Waals surface area contributed by atoms with Crippen molar-refractivity contribution in [1.29, 1.82) is 0 Å². The summed E-state index contributed by atoms with van der Waals surface area (Å²) in [6.07, 6.45) is 6.04. The molecule has 36 heavy (non-hydrogen) atoms. The number of hydrogen-bond donors (Lipinski definition) is 2. The lowest BCUT2D eigenvalue weighted by molar-refractivity contribution is -0.138. The molecule has 10 heteroatoms. The number of imidazole rings is 1. The van der Waals surface area contributed by atoms with Crippen LogP contribution in [0, 0.1) is 5.92 Å². The third kappa shape index (κ3) is 6.51. The molecule has 0 saturated carbocycles. The normalized spacial score (nSPS) is 15.7. The second-order valence-corrected chi connectivity index (χ2v) is 9.70. The molecule has 1 aliphatic rings. The average molecular weight is 554 g/mol. The zero-order valence-electron chi connectivity index (χ0n) is 19.7. The Morgan fingerprint density at radius 3 is 2.61 bits per heavy atom. The topological polar surface area (TPSA) is 108 Å². The van der Waals surface area contributed by atoms with Gasteiger partial charge in [0.1, 0.15) is 0 Å². The number of carbonyl (C=O) groups excluding carboxylic acids is 2. The SMILES string of the molecule is O=C(O)CC1CN(Cc2ccccc2C(=O)NCCCn2ccnc2)C(=O)N(c2ccc(Br)cc2)C1. The molecular weight excluding hydrogens is 526 g/mol. The predicted octanol–water partition coefficient (Wildman–Crippen LogP) is 4.00. The van der Waals surface area contributed by atoms with Crippen LogP contribution in [0.4, 0.5) is 10.5 Å². The van der Waals surface area contributed by atoms with Crippen molar-refractivity contribution < 1.29 is 19.5 Å². The van der Waals surface area contributed by atoms with Crippen LogP contribution in [0.1, 0.15) is 28.8 Å². The number of urea groups is 1. The number of benzene rings is 2. The predicted molar refractivity (Wildman–Crippen MR) is 139 cm³/mol. The molecule has 1 saturated heterocycles. The number of carboxylic acid groups (broad SMARTS) is 1. The van der Waals surface area contributed by atoms with Gasteiger partial charge in [-0.05, 0) is 42.3 Å². The number of nitrogens with zero attached hydrogens (tertiary/aromatic N) is 4. The lowest BCUT2D eigenvalue weighted by atomic mass is 9.99. The van der Waals surface area contributed by atoms with E-state index in [9.17, 15) is 19.5 Å². The number of aromatic nitrogens is 2. The van der Waals surface area contributed by atoms with E-state index >= 15 is 0 Å². The van der Waals surface area contributed by atoms with Crippen LogP contribution in [-0.2, 0) is 17.9 Å². The van der Waals surface area contributed by atoms with E-state index in [4.69, 9.17) is 0 Å². The van der Waals surface area contributed by atoms with E-state index in [1.165, 1.54) is 0 Å². The van der Waals surface area contributed by atoms with Crippen LogP contribution >= 0.6 is 15.9 Å². The van der Waals surface area contributed by atoms with Crippen LogP contribution in [0.3, 0.4) is 0 Å². The first kappa shape index (κ1) is 25.4. The molecule has 1 atom stereocenters. The van der Waals surface area contributed by atoms with E-state index < -0.39 is 5.97 Å². The Morgan fingerprint density at radius 1 is 1.11 bits per heavy atom. The van der Waals surface area contributed by atoms with Gasteiger partial charge < -0.3 is 19.9 Å². The van der Waals surface area contributed by atoms with E-state index in [2.05, 4.69) is 26.2 Å². The van der Waals surface area contributed by atoms with Gasteiger partial charge in [0.05, 0.1) is 12.7 Å². The molecule has 1 aliphatic heterocycles. The standard InChI is InChI=1S/C26H28BrN5O4/c27-21-6-8-22(9-7-21)32-16-19(14-24(33)34)15-31(26(32)36)17-20-4-1-2-5-23(20)25(35)29-10-3-12-30-13-11-28-18-30/h1-2,4-9,11,13,18-19H,3,10,12,14-17H2,(H,29,35)(H,33,34). The largest absolute Gasteiger partial charge is 0.481 e. The summed E-state index contributed by atoms with van der Waals surface area (Å²) >= 11 is 3.41. The van der Waals surface area contributed by atoms with Crippen LogP contribution in [0.15, 0.2) is 71.7 Å². The summed E-state index contributed by atoms with van der Waals surface area (Å²) in [5.41, 5.74) is 1.92. The smallest absolute Gasteiger partial charge is 0.324 e. The number of rotatable bonds is 10. The van der Waals surface area contributed by atoms with E-state index in [1.54, 1.807) is 34.5 Å². The molecule has 2 N–H and O–H groups in total. The summed E-state index contributed by atoms with van der Waals surface area (Å²) < 4.78 is 2.84. The fraction of sp³-hybridized carbons (Fsp3) is 0.308. The highest BCUT2D eigenvalue weighted by Crippen LogP contribution is 2.27. The molecule has 0 bridgehead atoms. The lowest BCUT2D eigenvalue weighted by Crippen LogP contribution is -2.53. The molecule has 3 amide bonds. The summed E-state index contributed by atoms with van der Waals surface area (Å²) in [5, 5.41) is 12.4. The molecule has 3 aromatic rings. The van der Waals surface area contributed by atoms with Gasteiger partial charge in [0.25, 0.3) is 5.91 Å². The van der Waals surface area contributed by atoms with Crippen LogP contribution in [0.2, 0.25) is 0 Å². The highest BCUT2D eigenvalue weighted by Gasteiger charge is 2.34. The van der Waals surface area contributed by atoms with E-state index in [0.29, 0.717) is 36.4 Å². The molecule has 188 valence electrons. The van der Waals surface area contributed by atoms with Crippen LogP contribution in [0.5, 0.6) is 0 Å². The van der Waals surface area contributed by atoms with Gasteiger partial charge in [-0.15, -0.1) is 0 Å². The second kappa shape index (κ2) is 11.9. The zero-order chi connectivity index (χ0) is 25.5. The molecule has 0 spiro atoms. The van der Waals surface area contributed by atoms with Gasteiger partial charge in [0.2, 0.25) is 0 Å². The highest BCUT2D eigenvalue weighted by atomic mass is 79.9. The fourth-order valence-corrected chi connectivity index (χ4v) is 4.63. The Kier molecular flexibility index (Phi) is 8.37. The number of carbonyl (C=O) groups is 3. The van der Waals surface area contributed by atoms with Crippen molar-refractivity contribution >= 4 is 39.5 Å². The number of aryl methyl sites for hydroxylation is 1. The third-order valence-electron chi connectivity index (χ3n) is 6.08. The molecule has 0 aliphatic carbocycles. The minimum absolute atomic E-state index is 0.0458. The number of nitrogens with one attached hydrogen (secondary N) is 1. The summed E-state index contributed by atoms with van der Waals surface area (Å²) in [5.74, 6) is -1.35. The monoisotopic (exact) mass is 553 g/mol. The lowest BCUT2D eigenvalue weighted by Gasteiger charge is -2.40. The number of aliphatic carboxylic acids is 1. The summed E-state index contributed by atoms with van der Waals surface area (Å²) in [7, 11) is 0. The van der Waals surface area contributed by atoms with Crippen molar-refractivity contribution in [3.05, 3.63) is 82.9 Å². The van der Waals surface area contributed by atoms with E-state index in [-0.39, 0.29) is 30.8 Å². The second-order valence-electron chi connectivity index (χ2n) is 8.78. The Balaban J connectivity index is 1.47. The maximum absolute atomic E-state index is 13.4. The average Bonchev–Trinajstić information content (AvgIpc) is 3.38. The first-order valence-electron chi connectivity index (χ1n) is 11.8.